The van der Waals surface area contributed by atoms with Crippen LogP contribution in [0.3, 0.4) is 0 Å². The summed E-state index contributed by atoms with van der Waals surface area (Å²) in [6.45, 7) is 12.5. The second-order valence-electron chi connectivity index (χ2n) is 7.32. The van der Waals surface area contributed by atoms with Gasteiger partial charge in [0.15, 0.2) is 8.32 Å². The minimum Gasteiger partial charge on any atom is -0.417 e. The maximum atomic E-state index is 6.20. The molecule has 0 saturated heterocycles. The summed E-state index contributed by atoms with van der Waals surface area (Å²) in [6, 6.07) is 11.9. The number of allylic oxidation sites excluding steroid dienone is 2. The van der Waals surface area contributed by atoms with E-state index in [-0.39, 0.29) is 0 Å². The molecule has 22 heavy (non-hydrogen) atoms. The van der Waals surface area contributed by atoms with Crippen LogP contribution in [0.4, 0.5) is 0 Å². The van der Waals surface area contributed by atoms with Crippen molar-refractivity contribution in [1.29, 1.82) is 0 Å². The van der Waals surface area contributed by atoms with Gasteiger partial charge in [-0.05, 0) is 43.4 Å². The predicted octanol–water partition coefficient (Wildman–Crippen LogP) is 5.18. The van der Waals surface area contributed by atoms with Gasteiger partial charge in [0.25, 0.3) is 0 Å². The first-order valence-corrected chi connectivity index (χ1v) is 12.5. The molecule has 1 aromatic carbocycles. The average Bonchev–Trinajstić information content (AvgIpc) is 2.45. The van der Waals surface area contributed by atoms with E-state index in [0.29, 0.717) is 5.04 Å². The monoisotopic (exact) mass is 332 g/mol. The fourth-order valence-corrected chi connectivity index (χ4v) is 3.88. The van der Waals surface area contributed by atoms with Crippen molar-refractivity contribution in [2.75, 3.05) is 6.61 Å². The Balaban J connectivity index is 2.05. The van der Waals surface area contributed by atoms with Gasteiger partial charge in [-0.15, -0.1) is 0 Å². The lowest BCUT2D eigenvalue weighted by molar-refractivity contribution is 0.279. The quantitative estimate of drug-likeness (QED) is 0.344. The van der Waals surface area contributed by atoms with Gasteiger partial charge in [0.2, 0.25) is 0 Å². The molecule has 2 radical (unpaired) electrons. The maximum absolute atomic E-state index is 6.20. The van der Waals surface area contributed by atoms with E-state index < -0.39 is 8.32 Å². The van der Waals surface area contributed by atoms with Crippen molar-refractivity contribution < 1.29 is 4.43 Å². The molecule has 0 N–H and O–H groups in total. The van der Waals surface area contributed by atoms with Crippen LogP contribution in [0.25, 0.3) is 0 Å². The van der Waals surface area contributed by atoms with Gasteiger partial charge in [-0.2, -0.15) is 0 Å². The molecule has 0 spiro atoms. The third-order valence-electron chi connectivity index (χ3n) is 4.40. The number of hydrogen-bond donors (Lipinski definition) is 0. The molecule has 0 amide bonds. The highest BCUT2D eigenvalue weighted by atomic mass is 28.4. The van der Waals surface area contributed by atoms with Gasteiger partial charge < -0.3 is 4.43 Å². The van der Waals surface area contributed by atoms with E-state index >= 15 is 0 Å². The normalized spacial score (nSPS) is 13.0. The minimum absolute atomic E-state index is 0.325. The van der Waals surface area contributed by atoms with E-state index in [0.717, 1.165) is 16.1 Å². The van der Waals surface area contributed by atoms with Gasteiger partial charge in [-0.25, -0.2) is 0 Å². The highest BCUT2D eigenvalue weighted by Gasteiger charge is 2.36. The molecular weight excluding hydrogens is 300 g/mol. The second-order valence-corrected chi connectivity index (χ2v) is 13.5. The van der Waals surface area contributed by atoms with Crippen molar-refractivity contribution in [2.45, 2.75) is 64.2 Å². The summed E-state index contributed by atoms with van der Waals surface area (Å²) in [7, 11) is -0.644. The third kappa shape index (κ3) is 7.57. The first-order valence-electron chi connectivity index (χ1n) is 8.41. The summed E-state index contributed by atoms with van der Waals surface area (Å²) in [5.74, 6) is 0. The van der Waals surface area contributed by atoms with Gasteiger partial charge in [-0.1, -0.05) is 68.4 Å². The standard InChI is InChI=1S/C19H32OSi2/c1-19(2,3)22(4,5)20-16-12-7-6-8-13-17-21-18-14-10-9-11-15-18/h8-11,13-15H,6-7,12,16-17H2,1-5H3/b13-8-. The van der Waals surface area contributed by atoms with Crippen LogP contribution < -0.4 is 5.19 Å². The highest BCUT2D eigenvalue weighted by molar-refractivity contribution is 6.74. The molecule has 0 aliphatic rings. The zero-order chi connectivity index (χ0) is 16.5. The summed E-state index contributed by atoms with van der Waals surface area (Å²) in [4.78, 5) is 0. The first kappa shape index (κ1) is 19.4. The largest absolute Gasteiger partial charge is 0.417 e. The van der Waals surface area contributed by atoms with Gasteiger partial charge in [-0.3, -0.25) is 0 Å². The SMILES string of the molecule is CC(C)(C)[Si](C)(C)OCCCC/C=C\C[Si]c1ccccc1. The lowest BCUT2D eigenvalue weighted by Gasteiger charge is -2.36. The Labute approximate surface area is 141 Å². The second kappa shape index (κ2) is 9.48. The van der Waals surface area contributed by atoms with Crippen LogP contribution in [-0.2, 0) is 4.43 Å². The molecule has 0 saturated carbocycles. The summed E-state index contributed by atoms with van der Waals surface area (Å²) in [5, 5.41) is 1.78. The van der Waals surface area contributed by atoms with Crippen LogP contribution in [0, 0.1) is 0 Å². The summed E-state index contributed by atoms with van der Waals surface area (Å²) < 4.78 is 6.20. The molecule has 1 rings (SSSR count). The molecule has 0 aromatic heterocycles. The van der Waals surface area contributed by atoms with Crippen molar-refractivity contribution in [3.8, 4) is 0 Å². The molecule has 1 aromatic rings. The van der Waals surface area contributed by atoms with Crippen LogP contribution in [0.15, 0.2) is 42.5 Å². The van der Waals surface area contributed by atoms with E-state index in [1.807, 2.05) is 0 Å². The maximum Gasteiger partial charge on any atom is 0.191 e. The van der Waals surface area contributed by atoms with E-state index in [9.17, 15) is 0 Å². The van der Waals surface area contributed by atoms with Crippen molar-refractivity contribution in [3.05, 3.63) is 42.5 Å². The Kier molecular flexibility index (Phi) is 8.36. The summed E-state index contributed by atoms with van der Waals surface area (Å²) in [5.41, 5.74) is 0. The van der Waals surface area contributed by atoms with Crippen molar-refractivity contribution in [3.63, 3.8) is 0 Å². The van der Waals surface area contributed by atoms with E-state index in [4.69, 9.17) is 4.43 Å². The molecule has 0 unspecified atom stereocenters. The molecule has 0 atom stereocenters. The van der Waals surface area contributed by atoms with Gasteiger partial charge >= 0.3 is 0 Å². The lowest BCUT2D eigenvalue weighted by atomic mass is 10.2. The van der Waals surface area contributed by atoms with E-state index in [2.05, 4.69) is 76.3 Å². The van der Waals surface area contributed by atoms with Crippen LogP contribution in [0.5, 0.6) is 0 Å². The minimum atomic E-state index is -1.54. The van der Waals surface area contributed by atoms with Crippen LogP contribution in [0.2, 0.25) is 24.2 Å². The molecule has 1 nitrogen and oxygen atoms in total. The lowest BCUT2D eigenvalue weighted by Crippen LogP contribution is -2.40. The van der Waals surface area contributed by atoms with Crippen LogP contribution in [0.1, 0.15) is 40.0 Å². The van der Waals surface area contributed by atoms with Gasteiger partial charge in [0, 0.05) is 6.61 Å². The van der Waals surface area contributed by atoms with Crippen molar-refractivity contribution in [1.82, 2.24) is 0 Å². The molecule has 0 heterocycles. The van der Waals surface area contributed by atoms with Crippen molar-refractivity contribution in [2.24, 2.45) is 0 Å². The Morgan fingerprint density at radius 2 is 1.73 bits per heavy atom. The molecule has 0 aliphatic heterocycles. The Bertz CT molecular complexity index is 432. The van der Waals surface area contributed by atoms with Crippen LogP contribution >= 0.6 is 0 Å². The number of rotatable bonds is 9. The topological polar surface area (TPSA) is 9.23 Å². The number of benzene rings is 1. The molecular formula is C19H32OSi2. The zero-order valence-electron chi connectivity index (χ0n) is 15.0. The van der Waals surface area contributed by atoms with Crippen LogP contribution in [-0.4, -0.2) is 24.4 Å². The summed E-state index contributed by atoms with van der Waals surface area (Å²) >= 11 is 0. The average molecular weight is 333 g/mol. The smallest absolute Gasteiger partial charge is 0.191 e. The zero-order valence-corrected chi connectivity index (χ0v) is 17.0. The predicted molar refractivity (Wildman–Crippen MR) is 103 cm³/mol. The molecule has 0 bridgehead atoms. The molecule has 3 heteroatoms. The molecule has 122 valence electrons. The van der Waals surface area contributed by atoms with Crippen molar-refractivity contribution >= 4 is 23.0 Å². The number of unbranched alkanes of at least 4 members (excludes halogenated alkanes) is 2. The Morgan fingerprint density at radius 1 is 1.05 bits per heavy atom. The van der Waals surface area contributed by atoms with Gasteiger partial charge in [0.1, 0.15) is 0 Å². The molecule has 0 aliphatic carbocycles. The first-order chi connectivity index (χ1) is 10.3. The third-order valence-corrected chi connectivity index (χ3v) is 10.1. The molecule has 0 fully saturated rings. The van der Waals surface area contributed by atoms with Gasteiger partial charge in [0.05, 0.1) is 9.52 Å². The van der Waals surface area contributed by atoms with E-state index in [1.165, 1.54) is 30.5 Å². The summed E-state index contributed by atoms with van der Waals surface area (Å²) in [6.07, 6.45) is 8.26. The fourth-order valence-electron chi connectivity index (χ4n) is 1.84. The Hall–Kier alpha value is -0.646. The highest BCUT2D eigenvalue weighted by Crippen LogP contribution is 2.36. The number of hydrogen-bond acceptors (Lipinski definition) is 1. The Morgan fingerprint density at radius 3 is 2.36 bits per heavy atom. The van der Waals surface area contributed by atoms with E-state index in [1.54, 1.807) is 0 Å². The fraction of sp³-hybridized carbons (Fsp3) is 0.579.